The lowest BCUT2D eigenvalue weighted by atomic mass is 9.81. The number of rotatable bonds is 2. The second-order valence-corrected chi connectivity index (χ2v) is 4.76. The fraction of sp³-hybridized carbons (Fsp3) is 0.909. The molecule has 0 amide bonds. The number of halogens is 3. The van der Waals surface area contributed by atoms with E-state index >= 15 is 0 Å². The summed E-state index contributed by atoms with van der Waals surface area (Å²) < 4.78 is 37.9. The zero-order valence-corrected chi connectivity index (χ0v) is 9.96. The van der Waals surface area contributed by atoms with Crippen LogP contribution >= 0.6 is 0 Å². The third-order valence-electron chi connectivity index (χ3n) is 3.63. The molecule has 0 bridgehead atoms. The van der Waals surface area contributed by atoms with Crippen molar-refractivity contribution in [2.24, 2.45) is 5.92 Å². The Hall–Kier alpha value is -0.800. The van der Waals surface area contributed by atoms with Crippen molar-refractivity contribution in [3.05, 3.63) is 0 Å². The van der Waals surface area contributed by atoms with E-state index in [-0.39, 0.29) is 18.9 Å². The normalized spacial score (nSPS) is 25.0. The Kier molecular flexibility index (Phi) is 4.05. The quantitative estimate of drug-likeness (QED) is 0.814. The van der Waals surface area contributed by atoms with Crippen molar-refractivity contribution in [3.8, 4) is 6.07 Å². The van der Waals surface area contributed by atoms with Crippen molar-refractivity contribution in [1.82, 2.24) is 4.90 Å². The van der Waals surface area contributed by atoms with Crippen LogP contribution in [0.5, 0.6) is 0 Å². The maximum absolute atomic E-state index is 12.6. The van der Waals surface area contributed by atoms with Crippen molar-refractivity contribution in [1.29, 1.82) is 5.26 Å². The van der Waals surface area contributed by atoms with E-state index in [1.807, 2.05) is 4.90 Å². The third-order valence-corrected chi connectivity index (χ3v) is 3.63. The van der Waals surface area contributed by atoms with E-state index in [0.717, 1.165) is 6.92 Å². The van der Waals surface area contributed by atoms with Gasteiger partial charge >= 0.3 is 6.18 Å². The maximum atomic E-state index is 12.6. The largest absolute Gasteiger partial charge is 0.417 e. The van der Waals surface area contributed by atoms with Gasteiger partial charge in [0.2, 0.25) is 0 Å². The van der Waals surface area contributed by atoms with Crippen LogP contribution in [0.4, 0.5) is 13.2 Å². The number of nitriles is 1. The van der Waals surface area contributed by atoms with Gasteiger partial charge in [-0.3, -0.25) is 4.90 Å². The highest BCUT2D eigenvalue weighted by Crippen LogP contribution is 2.40. The molecule has 1 heterocycles. The number of hydrogen-bond donors (Lipinski definition) is 1. The summed E-state index contributed by atoms with van der Waals surface area (Å²) in [6.07, 6.45) is -4.07. The summed E-state index contributed by atoms with van der Waals surface area (Å²) >= 11 is 0. The smallest absolute Gasteiger partial charge is 0.380 e. The van der Waals surface area contributed by atoms with Gasteiger partial charge in [-0.1, -0.05) is 0 Å². The first-order valence-corrected chi connectivity index (χ1v) is 5.63. The molecule has 1 rings (SSSR count). The molecule has 1 aliphatic rings. The van der Waals surface area contributed by atoms with Crippen molar-refractivity contribution in [2.45, 2.75) is 44.5 Å². The molecule has 0 aromatic rings. The minimum absolute atomic E-state index is 0.262. The van der Waals surface area contributed by atoms with Crippen molar-refractivity contribution < 1.29 is 18.3 Å². The molecule has 0 unspecified atom stereocenters. The predicted octanol–water partition coefficient (Wildman–Crippen LogP) is 1.92. The second-order valence-electron chi connectivity index (χ2n) is 4.76. The lowest BCUT2D eigenvalue weighted by molar-refractivity contribution is -0.275. The Labute approximate surface area is 98.8 Å². The van der Waals surface area contributed by atoms with Gasteiger partial charge in [-0.05, 0) is 45.7 Å². The average Bonchev–Trinajstić information content (AvgIpc) is 2.26. The number of nitrogens with zero attached hydrogens (tertiary/aromatic N) is 2. The first kappa shape index (κ1) is 14.3. The summed E-state index contributed by atoms with van der Waals surface area (Å²) in [5, 5.41) is 18.3. The number of hydrogen-bond acceptors (Lipinski definition) is 3. The first-order chi connectivity index (χ1) is 7.70. The van der Waals surface area contributed by atoms with Gasteiger partial charge in [-0.25, -0.2) is 0 Å². The number of aliphatic hydroxyl groups is 1. The van der Waals surface area contributed by atoms with E-state index in [1.165, 1.54) is 0 Å². The minimum atomic E-state index is -4.60. The zero-order valence-electron chi connectivity index (χ0n) is 9.96. The Morgan fingerprint density at radius 2 is 1.82 bits per heavy atom. The second kappa shape index (κ2) is 4.83. The summed E-state index contributed by atoms with van der Waals surface area (Å²) in [5.74, 6) is -0.787. The Balaban J connectivity index is 2.62. The average molecular weight is 250 g/mol. The Morgan fingerprint density at radius 3 is 2.18 bits per heavy atom. The molecule has 1 aliphatic heterocycles. The molecule has 3 nitrogen and oxygen atoms in total. The van der Waals surface area contributed by atoms with Crippen molar-refractivity contribution in [3.63, 3.8) is 0 Å². The Bertz CT molecular complexity index is 301. The zero-order chi connectivity index (χ0) is 13.3. The van der Waals surface area contributed by atoms with Gasteiger partial charge in [0.1, 0.15) is 0 Å². The molecule has 1 saturated heterocycles. The van der Waals surface area contributed by atoms with Crippen LogP contribution < -0.4 is 0 Å². The first-order valence-electron chi connectivity index (χ1n) is 5.63. The van der Waals surface area contributed by atoms with Crippen LogP contribution in [0.1, 0.15) is 26.7 Å². The molecular formula is C11H17F3N2O. The molecule has 0 aromatic heterocycles. The lowest BCUT2D eigenvalue weighted by Gasteiger charge is -2.40. The fourth-order valence-electron chi connectivity index (χ4n) is 2.16. The predicted molar refractivity (Wildman–Crippen MR) is 56.1 cm³/mol. The summed E-state index contributed by atoms with van der Waals surface area (Å²) in [6, 6.07) is 1.77. The van der Waals surface area contributed by atoms with Gasteiger partial charge in [0.15, 0.2) is 5.60 Å². The molecule has 1 fully saturated rings. The molecule has 2 atom stereocenters. The summed E-state index contributed by atoms with van der Waals surface area (Å²) in [4.78, 5) is 1.84. The molecule has 6 heteroatoms. The van der Waals surface area contributed by atoms with E-state index < -0.39 is 17.7 Å². The van der Waals surface area contributed by atoms with Gasteiger partial charge < -0.3 is 5.11 Å². The standard InChI is InChI=1S/C11H17F3N2O/c1-8(7-15)16-5-3-9(4-6-16)10(2,17)11(12,13)14/h8-9,17H,3-6H2,1-2H3/t8-,10+/m1/s1. The number of alkyl halides is 3. The molecule has 17 heavy (non-hydrogen) atoms. The number of likely N-dealkylation sites (tertiary alicyclic amines) is 1. The topological polar surface area (TPSA) is 47.3 Å². The van der Waals surface area contributed by atoms with E-state index in [1.54, 1.807) is 6.92 Å². The van der Waals surface area contributed by atoms with Crippen LogP contribution in [0.2, 0.25) is 0 Å². The van der Waals surface area contributed by atoms with E-state index in [0.29, 0.717) is 13.1 Å². The SMILES string of the molecule is C[C@H](C#N)N1CCC([C@](C)(O)C(F)(F)F)CC1. The highest BCUT2D eigenvalue weighted by Gasteiger charge is 2.55. The van der Waals surface area contributed by atoms with Crippen LogP contribution in [-0.2, 0) is 0 Å². The van der Waals surface area contributed by atoms with Crippen LogP contribution in [0, 0.1) is 17.2 Å². The van der Waals surface area contributed by atoms with E-state index in [2.05, 4.69) is 6.07 Å². The molecule has 0 radical (unpaired) electrons. The van der Waals surface area contributed by atoms with Gasteiger partial charge in [-0.2, -0.15) is 18.4 Å². The van der Waals surface area contributed by atoms with Crippen LogP contribution in [0.3, 0.4) is 0 Å². The molecule has 0 aromatic carbocycles. The van der Waals surface area contributed by atoms with E-state index in [4.69, 9.17) is 5.26 Å². The Morgan fingerprint density at radius 1 is 1.35 bits per heavy atom. The van der Waals surface area contributed by atoms with Crippen LogP contribution in [0.25, 0.3) is 0 Å². The summed E-state index contributed by atoms with van der Waals surface area (Å²) in [7, 11) is 0. The molecule has 0 aliphatic carbocycles. The molecule has 98 valence electrons. The highest BCUT2D eigenvalue weighted by atomic mass is 19.4. The van der Waals surface area contributed by atoms with Crippen molar-refractivity contribution >= 4 is 0 Å². The van der Waals surface area contributed by atoms with Gasteiger partial charge in [0, 0.05) is 0 Å². The van der Waals surface area contributed by atoms with Crippen LogP contribution in [-0.4, -0.2) is 40.9 Å². The third kappa shape index (κ3) is 2.90. The van der Waals surface area contributed by atoms with Gasteiger partial charge in [-0.15, -0.1) is 0 Å². The monoisotopic (exact) mass is 250 g/mol. The lowest BCUT2D eigenvalue weighted by Crippen LogP contribution is -2.53. The molecule has 1 N–H and O–H groups in total. The number of piperidine rings is 1. The van der Waals surface area contributed by atoms with Gasteiger partial charge in [0.25, 0.3) is 0 Å². The van der Waals surface area contributed by atoms with Gasteiger partial charge in [0.05, 0.1) is 12.1 Å². The molecule has 0 spiro atoms. The highest BCUT2D eigenvalue weighted by molar-refractivity contribution is 4.95. The molecule has 0 saturated carbocycles. The summed E-state index contributed by atoms with van der Waals surface area (Å²) in [6.45, 7) is 3.40. The van der Waals surface area contributed by atoms with Crippen molar-refractivity contribution in [2.75, 3.05) is 13.1 Å². The van der Waals surface area contributed by atoms with E-state index in [9.17, 15) is 18.3 Å². The molecular weight excluding hydrogens is 233 g/mol. The summed E-state index contributed by atoms with van der Waals surface area (Å²) in [5.41, 5.74) is -2.63. The van der Waals surface area contributed by atoms with Crippen LogP contribution in [0.15, 0.2) is 0 Å². The minimum Gasteiger partial charge on any atom is -0.380 e. The fourth-order valence-corrected chi connectivity index (χ4v) is 2.16. The maximum Gasteiger partial charge on any atom is 0.417 e.